The summed E-state index contributed by atoms with van der Waals surface area (Å²) in [6, 6.07) is 16.4. The number of hydrogen-bond acceptors (Lipinski definition) is 4. The van der Waals surface area contributed by atoms with Crippen LogP contribution in [-0.4, -0.2) is 34.1 Å². The number of imidazole rings is 1. The van der Waals surface area contributed by atoms with Crippen molar-refractivity contribution in [2.24, 2.45) is 7.05 Å². The summed E-state index contributed by atoms with van der Waals surface area (Å²) >= 11 is 0. The van der Waals surface area contributed by atoms with E-state index in [1.54, 1.807) is 0 Å². The number of nitrogens with one attached hydrogen (secondary N) is 1. The summed E-state index contributed by atoms with van der Waals surface area (Å²) < 4.78 is 5.22. The second kappa shape index (κ2) is 7.05. The smallest absolute Gasteiger partial charge is 0.335 e. The van der Waals surface area contributed by atoms with Gasteiger partial charge in [-0.15, -0.1) is 5.10 Å². The molecule has 1 aliphatic carbocycles. The van der Waals surface area contributed by atoms with Gasteiger partial charge in [0.1, 0.15) is 17.2 Å². The third kappa shape index (κ3) is 2.90. The lowest BCUT2D eigenvalue weighted by Crippen LogP contribution is -2.23. The van der Waals surface area contributed by atoms with E-state index in [9.17, 15) is 4.79 Å². The molecular weight excluding hydrogens is 402 g/mol. The van der Waals surface area contributed by atoms with Gasteiger partial charge in [0.25, 0.3) is 0 Å². The molecule has 1 N–H and O–H groups in total. The van der Waals surface area contributed by atoms with Gasteiger partial charge in [0.15, 0.2) is 5.82 Å². The molecule has 0 aliphatic heterocycles. The molecular formula is C24H23N7O. The zero-order valence-corrected chi connectivity index (χ0v) is 18.0. The van der Waals surface area contributed by atoms with E-state index in [1.807, 2.05) is 59.7 Å². The zero-order chi connectivity index (χ0) is 21.8. The molecule has 8 heteroatoms. The van der Waals surface area contributed by atoms with Crippen molar-refractivity contribution in [1.82, 2.24) is 34.1 Å². The number of rotatable bonds is 5. The number of fused-ring (bicyclic) bond motifs is 1. The first kappa shape index (κ1) is 18.8. The molecule has 0 unspecified atom stereocenters. The average Bonchev–Trinajstić information content (AvgIpc) is 3.31. The molecule has 0 saturated heterocycles. The fourth-order valence-electron chi connectivity index (χ4n) is 4.23. The number of benzene rings is 2. The molecule has 1 aliphatic rings. The van der Waals surface area contributed by atoms with Crippen LogP contribution in [0.2, 0.25) is 0 Å². The maximum atomic E-state index is 13.0. The van der Waals surface area contributed by atoms with Crippen LogP contribution in [0.15, 0.2) is 59.5 Å². The number of hydrogen-bond donors (Lipinski definition) is 1. The number of nitrogens with zero attached hydrogens (tertiary/aromatic N) is 6. The van der Waals surface area contributed by atoms with Crippen LogP contribution in [0, 0.1) is 0 Å². The van der Waals surface area contributed by atoms with Crippen molar-refractivity contribution >= 4 is 10.9 Å². The quantitative estimate of drug-likeness (QED) is 0.461. The average molecular weight is 425 g/mol. The van der Waals surface area contributed by atoms with Crippen molar-refractivity contribution in [1.29, 1.82) is 0 Å². The predicted molar refractivity (Wildman–Crippen MR) is 123 cm³/mol. The Bertz CT molecular complexity index is 1500. The molecule has 2 aromatic carbocycles. The van der Waals surface area contributed by atoms with Crippen LogP contribution in [0.4, 0.5) is 0 Å². The first-order chi connectivity index (χ1) is 15.6. The SMILES string of the molecule is CCn1nc(-c2[nH]c(-c3ccccc3)nc2-c2ccc3cnn(C)c3c2)n(C2CC2)c1=O. The third-order valence-corrected chi connectivity index (χ3v) is 6.08. The summed E-state index contributed by atoms with van der Waals surface area (Å²) in [6.45, 7) is 2.47. The number of H-pyrrole nitrogens is 1. The van der Waals surface area contributed by atoms with Gasteiger partial charge in [-0.1, -0.05) is 42.5 Å². The van der Waals surface area contributed by atoms with Gasteiger partial charge in [0.05, 0.1) is 11.7 Å². The lowest BCUT2D eigenvalue weighted by Gasteiger charge is -2.05. The van der Waals surface area contributed by atoms with Crippen LogP contribution >= 0.6 is 0 Å². The Labute approximate surface area is 184 Å². The van der Waals surface area contributed by atoms with Gasteiger partial charge in [-0.05, 0) is 25.8 Å². The van der Waals surface area contributed by atoms with Crippen molar-refractivity contribution in [3.63, 3.8) is 0 Å². The number of aromatic nitrogens is 7. The van der Waals surface area contributed by atoms with Crippen molar-refractivity contribution < 1.29 is 0 Å². The van der Waals surface area contributed by atoms with Gasteiger partial charge in [0.2, 0.25) is 0 Å². The fraction of sp³-hybridized carbons (Fsp3) is 0.250. The van der Waals surface area contributed by atoms with Crippen LogP contribution in [0.5, 0.6) is 0 Å². The first-order valence-corrected chi connectivity index (χ1v) is 10.9. The van der Waals surface area contributed by atoms with Gasteiger partial charge >= 0.3 is 5.69 Å². The summed E-state index contributed by atoms with van der Waals surface area (Å²) in [5.74, 6) is 1.40. The highest BCUT2D eigenvalue weighted by atomic mass is 16.2. The van der Waals surface area contributed by atoms with Gasteiger partial charge in [0, 0.05) is 36.1 Å². The van der Waals surface area contributed by atoms with E-state index < -0.39 is 0 Å². The molecule has 0 amide bonds. The van der Waals surface area contributed by atoms with E-state index in [2.05, 4.69) is 28.3 Å². The van der Waals surface area contributed by atoms with Crippen molar-refractivity contribution in [2.75, 3.05) is 0 Å². The van der Waals surface area contributed by atoms with E-state index in [0.29, 0.717) is 12.4 Å². The molecule has 3 aromatic heterocycles. The molecule has 0 radical (unpaired) electrons. The van der Waals surface area contributed by atoms with Gasteiger partial charge in [-0.2, -0.15) is 5.10 Å². The summed E-state index contributed by atoms with van der Waals surface area (Å²) in [4.78, 5) is 21.5. The van der Waals surface area contributed by atoms with Gasteiger partial charge in [-0.25, -0.2) is 14.5 Å². The molecule has 32 heavy (non-hydrogen) atoms. The Morgan fingerprint density at radius 3 is 2.66 bits per heavy atom. The summed E-state index contributed by atoms with van der Waals surface area (Å²) in [5.41, 5.74) is 4.45. The molecule has 8 nitrogen and oxygen atoms in total. The maximum Gasteiger partial charge on any atom is 0.346 e. The van der Waals surface area contributed by atoms with Crippen LogP contribution < -0.4 is 5.69 Å². The van der Waals surface area contributed by atoms with Crippen LogP contribution in [0.3, 0.4) is 0 Å². The zero-order valence-electron chi connectivity index (χ0n) is 18.0. The normalized spacial score (nSPS) is 13.8. The summed E-state index contributed by atoms with van der Waals surface area (Å²) in [6.07, 6.45) is 3.85. The second-order valence-corrected chi connectivity index (χ2v) is 8.24. The molecule has 3 heterocycles. The van der Waals surface area contributed by atoms with E-state index >= 15 is 0 Å². The van der Waals surface area contributed by atoms with Crippen LogP contribution in [0.1, 0.15) is 25.8 Å². The second-order valence-electron chi connectivity index (χ2n) is 8.24. The van der Waals surface area contributed by atoms with Crippen molar-refractivity contribution in [2.45, 2.75) is 32.4 Å². The molecule has 0 atom stereocenters. The molecule has 160 valence electrons. The summed E-state index contributed by atoms with van der Waals surface area (Å²) in [5, 5.41) is 10.1. The lowest BCUT2D eigenvalue weighted by atomic mass is 10.1. The topological polar surface area (TPSA) is 86.3 Å². The Morgan fingerprint density at radius 2 is 1.91 bits per heavy atom. The van der Waals surface area contributed by atoms with Crippen molar-refractivity contribution in [3.8, 4) is 34.2 Å². The highest BCUT2D eigenvalue weighted by Crippen LogP contribution is 2.39. The summed E-state index contributed by atoms with van der Waals surface area (Å²) in [7, 11) is 1.93. The molecule has 5 aromatic rings. The maximum absolute atomic E-state index is 13.0. The fourth-order valence-corrected chi connectivity index (χ4v) is 4.23. The molecule has 1 fully saturated rings. The highest BCUT2D eigenvalue weighted by Gasteiger charge is 2.32. The minimum atomic E-state index is -0.0612. The molecule has 1 saturated carbocycles. The molecule has 0 bridgehead atoms. The number of aromatic amines is 1. The largest absolute Gasteiger partial charge is 0.346 e. The number of aryl methyl sites for hydroxylation is 2. The minimum Gasteiger partial charge on any atom is -0.335 e. The standard InChI is InChI=1S/C24H23N7O/c1-3-30-24(32)31(18-11-12-18)23(28-30)21-20(26-22(27-21)15-7-5-4-6-8-15)16-9-10-17-14-25-29(2)19(17)13-16/h4-10,13-14,18H,3,11-12H2,1-2H3,(H,26,27). The lowest BCUT2D eigenvalue weighted by molar-refractivity contribution is 0.607. The Morgan fingerprint density at radius 1 is 1.09 bits per heavy atom. The minimum absolute atomic E-state index is 0.0612. The van der Waals surface area contributed by atoms with E-state index in [4.69, 9.17) is 10.1 Å². The Kier molecular flexibility index (Phi) is 4.14. The van der Waals surface area contributed by atoms with Crippen LogP contribution in [0.25, 0.3) is 45.1 Å². The van der Waals surface area contributed by atoms with E-state index in [0.717, 1.165) is 52.1 Å². The molecule has 0 spiro atoms. The Balaban J connectivity index is 1.61. The first-order valence-electron chi connectivity index (χ1n) is 10.9. The Hall–Kier alpha value is -3.94. The van der Waals surface area contributed by atoms with E-state index in [1.165, 1.54) is 4.68 Å². The third-order valence-electron chi connectivity index (χ3n) is 6.08. The monoisotopic (exact) mass is 425 g/mol. The van der Waals surface area contributed by atoms with Gasteiger partial charge < -0.3 is 4.98 Å². The molecule has 6 rings (SSSR count). The highest BCUT2D eigenvalue weighted by molar-refractivity contribution is 5.87. The van der Waals surface area contributed by atoms with E-state index in [-0.39, 0.29) is 11.7 Å². The predicted octanol–water partition coefficient (Wildman–Crippen LogP) is 4.01. The van der Waals surface area contributed by atoms with Crippen molar-refractivity contribution in [3.05, 3.63) is 65.2 Å². The van der Waals surface area contributed by atoms with Crippen LogP contribution in [-0.2, 0) is 13.6 Å². The van der Waals surface area contributed by atoms with Gasteiger partial charge in [-0.3, -0.25) is 9.25 Å².